The Morgan fingerprint density at radius 1 is 1.32 bits per heavy atom. The van der Waals surface area contributed by atoms with E-state index in [9.17, 15) is 4.79 Å². The van der Waals surface area contributed by atoms with Gasteiger partial charge in [-0.05, 0) is 55.5 Å². The molecule has 0 saturated heterocycles. The van der Waals surface area contributed by atoms with Crippen molar-refractivity contribution >= 4 is 17.4 Å². The largest absolute Gasteiger partial charge is 0.296 e. The van der Waals surface area contributed by atoms with Crippen molar-refractivity contribution in [3.63, 3.8) is 0 Å². The number of pyridine rings is 1. The van der Waals surface area contributed by atoms with Crippen LogP contribution in [-0.2, 0) is 20.0 Å². The molecule has 0 amide bonds. The van der Waals surface area contributed by atoms with E-state index in [-0.39, 0.29) is 11.6 Å². The molecule has 31 heavy (non-hydrogen) atoms. The lowest BCUT2D eigenvalue weighted by Gasteiger charge is -2.34. The first-order chi connectivity index (χ1) is 15.0. The molecule has 0 saturated carbocycles. The molecule has 0 aromatic carbocycles. The molecule has 1 atom stereocenters. The Hall–Kier alpha value is -2.83. The van der Waals surface area contributed by atoms with E-state index >= 15 is 0 Å². The summed E-state index contributed by atoms with van der Waals surface area (Å²) in [5.41, 5.74) is 5.54. The lowest BCUT2D eigenvalue weighted by molar-refractivity contribution is 0.230. The van der Waals surface area contributed by atoms with Crippen LogP contribution in [0.2, 0.25) is 0 Å². The number of hydrogen-bond donors (Lipinski definition) is 0. The molecule has 1 aliphatic heterocycles. The molecule has 1 aliphatic rings. The maximum atomic E-state index is 12.2. The molecule has 0 radical (unpaired) electrons. The van der Waals surface area contributed by atoms with Gasteiger partial charge in [0, 0.05) is 66.7 Å². The van der Waals surface area contributed by atoms with Gasteiger partial charge in [-0.1, -0.05) is 18.2 Å². The maximum Gasteiger partial charge on any atom is 0.253 e. The van der Waals surface area contributed by atoms with Gasteiger partial charge >= 0.3 is 0 Å². The third-order valence-corrected chi connectivity index (χ3v) is 6.68. The molecule has 0 aliphatic carbocycles. The maximum absolute atomic E-state index is 12.2. The van der Waals surface area contributed by atoms with Crippen molar-refractivity contribution in [1.82, 2.24) is 19.4 Å². The Balaban J connectivity index is 1.64. The topological polar surface area (TPSA) is 51.0 Å². The Kier molecular flexibility index (Phi) is 6.30. The minimum Gasteiger partial charge on any atom is -0.296 e. The van der Waals surface area contributed by atoms with Crippen molar-refractivity contribution in [2.24, 2.45) is 7.05 Å². The van der Waals surface area contributed by atoms with Crippen LogP contribution in [0.1, 0.15) is 36.6 Å². The monoisotopic (exact) mass is 432 g/mol. The van der Waals surface area contributed by atoms with Gasteiger partial charge in [0.25, 0.3) is 5.56 Å². The van der Waals surface area contributed by atoms with Gasteiger partial charge in [-0.15, -0.1) is 11.3 Å². The number of rotatable bonds is 5. The van der Waals surface area contributed by atoms with E-state index in [0.29, 0.717) is 5.82 Å². The van der Waals surface area contributed by atoms with Crippen LogP contribution in [0.5, 0.6) is 0 Å². The van der Waals surface area contributed by atoms with Crippen LogP contribution in [-0.4, -0.2) is 32.0 Å². The second kappa shape index (κ2) is 9.12. The second-order valence-electron chi connectivity index (χ2n) is 8.04. The average Bonchev–Trinajstić information content (AvgIpc) is 3.29. The standard InChI is InChI=1S/C25H28N4OS/c1-5-7-22(17(2)12-24-27-18(3)13-25(30)28(24)4)29-10-9-21-20(16-29)14-19(15-26-21)23-8-6-11-31-23/h5-8,11-15,22H,9-10,16H2,1-4H3/b7-5-,17-12-. The van der Waals surface area contributed by atoms with Gasteiger partial charge in [0.2, 0.25) is 0 Å². The quantitative estimate of drug-likeness (QED) is 0.552. The summed E-state index contributed by atoms with van der Waals surface area (Å²) in [7, 11) is 1.77. The molecule has 0 N–H and O–H groups in total. The fourth-order valence-corrected chi connectivity index (χ4v) is 4.81. The summed E-state index contributed by atoms with van der Waals surface area (Å²) in [6.45, 7) is 7.82. The molecule has 3 aromatic rings. The summed E-state index contributed by atoms with van der Waals surface area (Å²) in [4.78, 5) is 25.2. The number of aromatic nitrogens is 3. The van der Waals surface area contributed by atoms with Crippen LogP contribution < -0.4 is 5.56 Å². The lowest BCUT2D eigenvalue weighted by atomic mass is 9.98. The highest BCUT2D eigenvalue weighted by Crippen LogP contribution is 2.29. The highest BCUT2D eigenvalue weighted by atomic mass is 32.1. The second-order valence-corrected chi connectivity index (χ2v) is 8.99. The van der Waals surface area contributed by atoms with Crippen molar-refractivity contribution < 1.29 is 0 Å². The predicted molar refractivity (Wildman–Crippen MR) is 128 cm³/mol. The molecule has 1 unspecified atom stereocenters. The molecule has 0 fully saturated rings. The minimum atomic E-state index is -0.0341. The van der Waals surface area contributed by atoms with Crippen molar-refractivity contribution in [1.29, 1.82) is 0 Å². The summed E-state index contributed by atoms with van der Waals surface area (Å²) in [5, 5.41) is 2.10. The zero-order valence-electron chi connectivity index (χ0n) is 18.5. The molecule has 3 aromatic heterocycles. The Morgan fingerprint density at radius 2 is 2.16 bits per heavy atom. The number of fused-ring (bicyclic) bond motifs is 1. The zero-order valence-corrected chi connectivity index (χ0v) is 19.3. The highest BCUT2D eigenvalue weighted by Gasteiger charge is 2.24. The van der Waals surface area contributed by atoms with E-state index in [0.717, 1.165) is 30.8 Å². The molecule has 0 bridgehead atoms. The summed E-state index contributed by atoms with van der Waals surface area (Å²) in [6.07, 6.45) is 9.29. The van der Waals surface area contributed by atoms with Crippen LogP contribution in [0, 0.1) is 6.92 Å². The molecule has 6 heteroatoms. The van der Waals surface area contributed by atoms with Gasteiger partial charge in [-0.25, -0.2) is 4.98 Å². The van der Waals surface area contributed by atoms with Gasteiger partial charge in [0.05, 0.1) is 0 Å². The summed E-state index contributed by atoms with van der Waals surface area (Å²) in [6, 6.07) is 8.21. The van der Waals surface area contributed by atoms with Gasteiger partial charge in [0.1, 0.15) is 5.82 Å². The fourth-order valence-electron chi connectivity index (χ4n) is 4.10. The fraction of sp³-hybridized carbons (Fsp3) is 0.320. The lowest BCUT2D eigenvalue weighted by Crippen LogP contribution is -2.39. The van der Waals surface area contributed by atoms with E-state index in [1.165, 1.54) is 21.7 Å². The van der Waals surface area contributed by atoms with Crippen LogP contribution in [0.15, 0.2) is 58.4 Å². The van der Waals surface area contributed by atoms with Crippen molar-refractivity contribution in [2.45, 2.75) is 39.8 Å². The summed E-state index contributed by atoms with van der Waals surface area (Å²) < 4.78 is 1.60. The van der Waals surface area contributed by atoms with Crippen molar-refractivity contribution in [2.75, 3.05) is 6.54 Å². The molecular formula is C25H28N4OS. The molecule has 5 nitrogen and oxygen atoms in total. The Bertz CT molecular complexity index is 1190. The van der Waals surface area contributed by atoms with E-state index in [4.69, 9.17) is 4.98 Å². The first kappa shape index (κ1) is 21.4. The summed E-state index contributed by atoms with van der Waals surface area (Å²) >= 11 is 1.74. The highest BCUT2D eigenvalue weighted by molar-refractivity contribution is 7.13. The first-order valence-electron chi connectivity index (χ1n) is 10.6. The minimum absolute atomic E-state index is 0.0341. The SMILES string of the molecule is C/C=C\C(/C(C)=C\c1nc(C)cc(=O)n1C)N1CCc2ncc(-c3cccs3)cc2C1. The number of hydrogen-bond acceptors (Lipinski definition) is 5. The van der Waals surface area contributed by atoms with Gasteiger partial charge in [-0.2, -0.15) is 0 Å². The molecule has 160 valence electrons. The number of aryl methyl sites for hydroxylation is 1. The Morgan fingerprint density at radius 3 is 2.90 bits per heavy atom. The number of allylic oxidation sites excluding steroid dienone is 1. The third kappa shape index (κ3) is 4.60. The predicted octanol–water partition coefficient (Wildman–Crippen LogP) is 4.62. The van der Waals surface area contributed by atoms with Gasteiger partial charge in [0.15, 0.2) is 0 Å². The van der Waals surface area contributed by atoms with Crippen LogP contribution >= 0.6 is 11.3 Å². The van der Waals surface area contributed by atoms with Crippen LogP contribution in [0.25, 0.3) is 16.5 Å². The third-order valence-electron chi connectivity index (χ3n) is 5.76. The van der Waals surface area contributed by atoms with Gasteiger partial charge < -0.3 is 0 Å². The van der Waals surface area contributed by atoms with Crippen molar-refractivity contribution in [3.8, 4) is 10.4 Å². The molecular weight excluding hydrogens is 404 g/mol. The van der Waals surface area contributed by atoms with E-state index in [1.807, 2.05) is 19.2 Å². The molecule has 4 rings (SSSR count). The normalized spacial score (nSPS) is 15.9. The van der Waals surface area contributed by atoms with E-state index in [2.05, 4.69) is 59.5 Å². The zero-order chi connectivity index (χ0) is 22.0. The number of thiophene rings is 1. The van der Waals surface area contributed by atoms with Gasteiger partial charge in [-0.3, -0.25) is 19.2 Å². The first-order valence-corrected chi connectivity index (χ1v) is 11.5. The van der Waals surface area contributed by atoms with Crippen LogP contribution in [0.4, 0.5) is 0 Å². The molecule has 0 spiro atoms. The van der Waals surface area contributed by atoms with E-state index < -0.39 is 0 Å². The Labute approximate surface area is 187 Å². The van der Waals surface area contributed by atoms with Crippen molar-refractivity contribution in [3.05, 3.63) is 86.7 Å². The molecule has 4 heterocycles. The van der Waals surface area contributed by atoms with Crippen LogP contribution in [0.3, 0.4) is 0 Å². The van der Waals surface area contributed by atoms with E-state index in [1.54, 1.807) is 29.0 Å². The average molecular weight is 433 g/mol. The summed E-state index contributed by atoms with van der Waals surface area (Å²) in [5.74, 6) is 0.691. The number of nitrogens with zero attached hydrogens (tertiary/aromatic N) is 4. The smallest absolute Gasteiger partial charge is 0.253 e.